The smallest absolute Gasteiger partial charge is 0.180 e. The third kappa shape index (κ3) is 3.65. The monoisotopic (exact) mass is 250 g/mol. The van der Waals surface area contributed by atoms with E-state index in [1.54, 1.807) is 0 Å². The zero-order valence-electron chi connectivity index (χ0n) is 10.1. The molecule has 5 heteroatoms. The number of ketones is 1. The van der Waals surface area contributed by atoms with Crippen molar-refractivity contribution in [3.8, 4) is 5.75 Å². The zero-order chi connectivity index (χ0) is 13.5. The Morgan fingerprint density at radius 3 is 2.72 bits per heavy atom. The average molecular weight is 250 g/mol. The van der Waals surface area contributed by atoms with Gasteiger partial charge in [0.25, 0.3) is 0 Å². The van der Waals surface area contributed by atoms with Crippen molar-refractivity contribution in [2.75, 3.05) is 6.54 Å². The molecule has 0 fully saturated rings. The molecular weight excluding hydrogens is 232 g/mol. The van der Waals surface area contributed by atoms with Gasteiger partial charge in [-0.25, -0.2) is 0 Å². The van der Waals surface area contributed by atoms with Gasteiger partial charge in [0.1, 0.15) is 5.75 Å². The first-order valence-corrected chi connectivity index (χ1v) is 5.88. The van der Waals surface area contributed by atoms with E-state index in [2.05, 4.69) is 0 Å². The summed E-state index contributed by atoms with van der Waals surface area (Å²) in [6.45, 7) is 0.562. The topological polar surface area (TPSA) is 106 Å². The average Bonchev–Trinajstić information content (AvgIpc) is 2.38. The minimum atomic E-state index is -0.669. The number of carbonyl (C=O) groups is 2. The van der Waals surface area contributed by atoms with Crippen LogP contribution in [0, 0.1) is 0 Å². The van der Waals surface area contributed by atoms with Gasteiger partial charge in [-0.3, -0.25) is 9.59 Å². The second-order valence-electron chi connectivity index (χ2n) is 4.14. The fourth-order valence-corrected chi connectivity index (χ4v) is 1.70. The van der Waals surface area contributed by atoms with Crippen molar-refractivity contribution in [1.29, 1.82) is 0 Å². The van der Waals surface area contributed by atoms with Crippen LogP contribution in [0.4, 0.5) is 0 Å². The molecule has 0 radical (unpaired) electrons. The number of nitrogens with two attached hydrogens (primary N) is 2. The lowest BCUT2D eigenvalue weighted by atomic mass is 9.96. The first kappa shape index (κ1) is 14.3. The van der Waals surface area contributed by atoms with Gasteiger partial charge in [-0.1, -0.05) is 6.42 Å². The Bertz CT molecular complexity index is 432. The zero-order valence-corrected chi connectivity index (χ0v) is 10.1. The number of aldehydes is 1. The molecule has 18 heavy (non-hydrogen) atoms. The minimum absolute atomic E-state index is 0.0573. The molecule has 0 unspecified atom stereocenters. The SMILES string of the molecule is NCCCC[C@H](N)C(=O)c1cc(O)ccc1C=O. The van der Waals surface area contributed by atoms with Gasteiger partial charge in [-0.15, -0.1) is 0 Å². The van der Waals surface area contributed by atoms with Gasteiger partial charge in [0.2, 0.25) is 0 Å². The van der Waals surface area contributed by atoms with Crippen LogP contribution >= 0.6 is 0 Å². The number of hydrogen-bond acceptors (Lipinski definition) is 5. The molecule has 0 aromatic heterocycles. The highest BCUT2D eigenvalue weighted by atomic mass is 16.3. The van der Waals surface area contributed by atoms with Crippen molar-refractivity contribution in [2.24, 2.45) is 11.5 Å². The van der Waals surface area contributed by atoms with E-state index in [1.807, 2.05) is 0 Å². The summed E-state index contributed by atoms with van der Waals surface area (Å²) >= 11 is 0. The lowest BCUT2D eigenvalue weighted by molar-refractivity contribution is 0.0950. The molecular formula is C13H18N2O3. The van der Waals surface area contributed by atoms with Crippen molar-refractivity contribution in [3.05, 3.63) is 29.3 Å². The summed E-state index contributed by atoms with van der Waals surface area (Å²) in [5.74, 6) is -0.386. The van der Waals surface area contributed by atoms with E-state index in [4.69, 9.17) is 11.5 Å². The molecule has 1 rings (SSSR count). The van der Waals surface area contributed by atoms with E-state index >= 15 is 0 Å². The van der Waals surface area contributed by atoms with E-state index < -0.39 is 6.04 Å². The quantitative estimate of drug-likeness (QED) is 0.378. The maximum Gasteiger partial charge on any atom is 0.180 e. The molecule has 0 aliphatic heterocycles. The third-order valence-electron chi connectivity index (χ3n) is 2.74. The predicted octanol–water partition coefficient (Wildman–Crippen LogP) is 0.844. The van der Waals surface area contributed by atoms with Crippen LogP contribution in [0.15, 0.2) is 18.2 Å². The summed E-state index contributed by atoms with van der Waals surface area (Å²) in [5, 5.41) is 9.35. The summed E-state index contributed by atoms with van der Waals surface area (Å²) in [5.41, 5.74) is 11.6. The molecule has 0 heterocycles. The summed E-state index contributed by atoms with van der Waals surface area (Å²) in [7, 11) is 0. The molecule has 5 N–H and O–H groups in total. The van der Waals surface area contributed by atoms with E-state index in [0.717, 1.165) is 12.8 Å². The van der Waals surface area contributed by atoms with Gasteiger partial charge in [-0.2, -0.15) is 0 Å². The molecule has 1 aromatic carbocycles. The summed E-state index contributed by atoms with van der Waals surface area (Å²) in [4.78, 5) is 22.9. The molecule has 5 nitrogen and oxygen atoms in total. The number of phenolic OH excluding ortho intramolecular Hbond substituents is 1. The second kappa shape index (κ2) is 6.88. The number of phenols is 1. The maximum absolute atomic E-state index is 12.0. The Morgan fingerprint density at radius 1 is 1.39 bits per heavy atom. The summed E-state index contributed by atoms with van der Waals surface area (Å²) < 4.78 is 0. The van der Waals surface area contributed by atoms with E-state index in [1.165, 1.54) is 18.2 Å². The predicted molar refractivity (Wildman–Crippen MR) is 68.7 cm³/mol. The molecule has 98 valence electrons. The number of Topliss-reactive ketones (excluding diaryl/α,β-unsaturated/α-hetero) is 1. The molecule has 0 bridgehead atoms. The van der Waals surface area contributed by atoms with Crippen LogP contribution in [0.25, 0.3) is 0 Å². The molecule has 0 saturated heterocycles. The lowest BCUT2D eigenvalue weighted by Gasteiger charge is -2.11. The van der Waals surface area contributed by atoms with Crippen LogP contribution in [0.2, 0.25) is 0 Å². The molecule has 0 amide bonds. The number of benzene rings is 1. The standard InChI is InChI=1S/C13H18N2O3/c14-6-2-1-3-12(15)13(18)11-7-10(17)5-4-9(11)8-16/h4-5,7-8,12,17H,1-3,6,14-15H2/t12-/m0/s1. The summed E-state index contributed by atoms with van der Waals surface area (Å²) in [6.07, 6.45) is 2.67. The van der Waals surface area contributed by atoms with Gasteiger partial charge < -0.3 is 16.6 Å². The highest BCUT2D eigenvalue weighted by Crippen LogP contribution is 2.18. The molecule has 0 spiro atoms. The maximum atomic E-state index is 12.0. The Labute approximate surface area is 106 Å². The van der Waals surface area contributed by atoms with Crippen molar-refractivity contribution in [3.63, 3.8) is 0 Å². The van der Waals surface area contributed by atoms with Crippen LogP contribution in [0.3, 0.4) is 0 Å². The molecule has 1 atom stereocenters. The van der Waals surface area contributed by atoms with Gasteiger partial charge in [0.15, 0.2) is 12.1 Å². The van der Waals surface area contributed by atoms with Gasteiger partial charge in [0.05, 0.1) is 6.04 Å². The van der Waals surface area contributed by atoms with Crippen LogP contribution < -0.4 is 11.5 Å². The normalized spacial score (nSPS) is 12.1. The van der Waals surface area contributed by atoms with E-state index in [-0.39, 0.29) is 22.7 Å². The highest BCUT2D eigenvalue weighted by Gasteiger charge is 2.18. The van der Waals surface area contributed by atoms with E-state index in [0.29, 0.717) is 19.3 Å². The van der Waals surface area contributed by atoms with Crippen LogP contribution in [-0.2, 0) is 0 Å². The number of hydrogen-bond donors (Lipinski definition) is 3. The number of unbranched alkanes of at least 4 members (excludes halogenated alkanes) is 1. The van der Waals surface area contributed by atoms with Crippen molar-refractivity contribution >= 4 is 12.1 Å². The number of carbonyl (C=O) groups excluding carboxylic acids is 2. The molecule has 0 saturated carbocycles. The van der Waals surface area contributed by atoms with Gasteiger partial charge in [-0.05, 0) is 37.6 Å². The second-order valence-corrected chi connectivity index (χ2v) is 4.14. The Kier molecular flexibility index (Phi) is 5.48. The lowest BCUT2D eigenvalue weighted by Crippen LogP contribution is -2.31. The Balaban J connectivity index is 2.82. The third-order valence-corrected chi connectivity index (χ3v) is 2.74. The highest BCUT2D eigenvalue weighted by molar-refractivity contribution is 6.05. The number of rotatable bonds is 7. The minimum Gasteiger partial charge on any atom is -0.508 e. The Morgan fingerprint density at radius 2 is 2.11 bits per heavy atom. The first-order valence-electron chi connectivity index (χ1n) is 5.88. The van der Waals surface area contributed by atoms with Crippen molar-refractivity contribution in [1.82, 2.24) is 0 Å². The van der Waals surface area contributed by atoms with Crippen molar-refractivity contribution in [2.45, 2.75) is 25.3 Å². The fraction of sp³-hybridized carbons (Fsp3) is 0.385. The van der Waals surface area contributed by atoms with Gasteiger partial charge in [0, 0.05) is 11.1 Å². The number of aromatic hydroxyl groups is 1. The van der Waals surface area contributed by atoms with Crippen LogP contribution in [-0.4, -0.2) is 29.8 Å². The van der Waals surface area contributed by atoms with Crippen LogP contribution in [0.1, 0.15) is 40.0 Å². The molecule has 1 aromatic rings. The largest absolute Gasteiger partial charge is 0.508 e. The van der Waals surface area contributed by atoms with Gasteiger partial charge >= 0.3 is 0 Å². The molecule has 0 aliphatic carbocycles. The Hall–Kier alpha value is -1.72. The van der Waals surface area contributed by atoms with Crippen molar-refractivity contribution < 1.29 is 14.7 Å². The molecule has 0 aliphatic rings. The van der Waals surface area contributed by atoms with E-state index in [9.17, 15) is 14.7 Å². The fourth-order valence-electron chi connectivity index (χ4n) is 1.70. The first-order chi connectivity index (χ1) is 8.60. The summed E-state index contributed by atoms with van der Waals surface area (Å²) in [6, 6.07) is 3.37. The van der Waals surface area contributed by atoms with Crippen LogP contribution in [0.5, 0.6) is 5.75 Å².